The minimum atomic E-state index is 0.592. The van der Waals surface area contributed by atoms with Crippen LogP contribution in [0.1, 0.15) is 46.0 Å². The van der Waals surface area contributed by atoms with Crippen LogP contribution in [0.25, 0.3) is 0 Å². The molecule has 0 radical (unpaired) electrons. The minimum Gasteiger partial charge on any atom is -0.329 e. The molecule has 100 valence electrons. The first kappa shape index (κ1) is 13.4. The molecular formula is C15H30N2. The van der Waals surface area contributed by atoms with Crippen molar-refractivity contribution < 1.29 is 0 Å². The topological polar surface area (TPSA) is 29.3 Å². The summed E-state index contributed by atoms with van der Waals surface area (Å²) in [6.45, 7) is 6.70. The van der Waals surface area contributed by atoms with E-state index in [-0.39, 0.29) is 0 Å². The van der Waals surface area contributed by atoms with Gasteiger partial charge in [-0.1, -0.05) is 20.3 Å². The minimum absolute atomic E-state index is 0.592. The number of fused-ring (bicyclic) bond motifs is 2. The van der Waals surface area contributed by atoms with Crippen molar-refractivity contribution in [1.82, 2.24) is 4.90 Å². The van der Waals surface area contributed by atoms with Gasteiger partial charge in [-0.2, -0.15) is 0 Å². The van der Waals surface area contributed by atoms with Gasteiger partial charge in [0.2, 0.25) is 0 Å². The number of hydrogen-bond donors (Lipinski definition) is 1. The van der Waals surface area contributed by atoms with Gasteiger partial charge < -0.3 is 10.6 Å². The highest BCUT2D eigenvalue weighted by molar-refractivity contribution is 4.91. The lowest BCUT2D eigenvalue weighted by molar-refractivity contribution is 0.160. The van der Waals surface area contributed by atoms with Gasteiger partial charge in [0.05, 0.1) is 0 Å². The van der Waals surface area contributed by atoms with Gasteiger partial charge >= 0.3 is 0 Å². The summed E-state index contributed by atoms with van der Waals surface area (Å²) < 4.78 is 0. The van der Waals surface area contributed by atoms with E-state index in [2.05, 4.69) is 25.8 Å². The molecule has 4 atom stereocenters. The lowest BCUT2D eigenvalue weighted by Gasteiger charge is -2.33. The molecule has 0 amide bonds. The predicted octanol–water partition coefficient (Wildman–Crippen LogP) is 2.73. The third-order valence-electron chi connectivity index (χ3n) is 5.05. The Morgan fingerprint density at radius 2 is 2.00 bits per heavy atom. The van der Waals surface area contributed by atoms with Gasteiger partial charge in [-0.25, -0.2) is 0 Å². The Hall–Kier alpha value is -0.0800. The highest BCUT2D eigenvalue weighted by atomic mass is 15.1. The molecule has 4 unspecified atom stereocenters. The number of nitrogens with zero attached hydrogens (tertiary/aromatic N) is 1. The molecule has 2 saturated carbocycles. The third-order valence-corrected chi connectivity index (χ3v) is 5.05. The van der Waals surface area contributed by atoms with Crippen LogP contribution in [-0.2, 0) is 0 Å². The fourth-order valence-electron chi connectivity index (χ4n) is 4.12. The summed E-state index contributed by atoms with van der Waals surface area (Å²) in [4.78, 5) is 2.55. The molecule has 2 bridgehead atoms. The number of likely N-dealkylation sites (N-methyl/N-ethyl adjacent to an activating group) is 1. The molecule has 0 aromatic carbocycles. The first-order valence-electron chi connectivity index (χ1n) is 7.50. The second-order valence-corrected chi connectivity index (χ2v) is 6.89. The van der Waals surface area contributed by atoms with Crippen LogP contribution in [0.15, 0.2) is 0 Å². The normalized spacial score (nSPS) is 33.9. The molecule has 0 aromatic rings. The molecule has 0 saturated heterocycles. The van der Waals surface area contributed by atoms with Crippen molar-refractivity contribution in [2.24, 2.45) is 29.4 Å². The van der Waals surface area contributed by atoms with E-state index in [1.54, 1.807) is 0 Å². The van der Waals surface area contributed by atoms with Gasteiger partial charge in [-0.3, -0.25) is 0 Å². The Morgan fingerprint density at radius 1 is 1.24 bits per heavy atom. The van der Waals surface area contributed by atoms with E-state index in [9.17, 15) is 0 Å². The molecule has 2 aliphatic carbocycles. The lowest BCUT2D eigenvalue weighted by Crippen LogP contribution is -2.42. The Kier molecular flexibility index (Phi) is 4.48. The number of hydrogen-bond acceptors (Lipinski definition) is 2. The molecule has 2 fully saturated rings. The molecule has 2 aliphatic rings. The molecular weight excluding hydrogens is 208 g/mol. The Balaban J connectivity index is 1.81. The SMILES string of the molecule is CC(C)CC(CN)N(C)CC1CC2CCC1C2. The first-order valence-corrected chi connectivity index (χ1v) is 7.50. The van der Waals surface area contributed by atoms with Gasteiger partial charge in [-0.15, -0.1) is 0 Å². The zero-order valence-electron chi connectivity index (χ0n) is 11.9. The predicted molar refractivity (Wildman–Crippen MR) is 73.9 cm³/mol. The summed E-state index contributed by atoms with van der Waals surface area (Å²) in [5, 5.41) is 0. The van der Waals surface area contributed by atoms with Gasteiger partial charge in [-0.05, 0) is 56.4 Å². The highest BCUT2D eigenvalue weighted by Gasteiger charge is 2.40. The van der Waals surface area contributed by atoms with Crippen molar-refractivity contribution in [3.63, 3.8) is 0 Å². The maximum absolute atomic E-state index is 5.93. The van der Waals surface area contributed by atoms with E-state index in [1.165, 1.54) is 38.6 Å². The van der Waals surface area contributed by atoms with Crippen LogP contribution < -0.4 is 5.73 Å². The standard InChI is InChI=1S/C15H30N2/c1-11(2)6-15(9-16)17(3)10-14-8-12-4-5-13(14)7-12/h11-15H,4-10,16H2,1-3H3. The molecule has 2 nitrogen and oxygen atoms in total. The van der Waals surface area contributed by atoms with Crippen LogP contribution in [0.2, 0.25) is 0 Å². The first-order chi connectivity index (χ1) is 8.10. The summed E-state index contributed by atoms with van der Waals surface area (Å²) in [6.07, 6.45) is 7.27. The van der Waals surface area contributed by atoms with Gasteiger partial charge in [0.1, 0.15) is 0 Å². The van der Waals surface area contributed by atoms with Crippen molar-refractivity contribution in [3.05, 3.63) is 0 Å². The summed E-state index contributed by atoms with van der Waals surface area (Å²) >= 11 is 0. The van der Waals surface area contributed by atoms with E-state index in [4.69, 9.17) is 5.73 Å². The summed E-state index contributed by atoms with van der Waals surface area (Å²) in [5.74, 6) is 3.84. The second kappa shape index (κ2) is 5.71. The fraction of sp³-hybridized carbons (Fsp3) is 1.00. The second-order valence-electron chi connectivity index (χ2n) is 6.89. The smallest absolute Gasteiger partial charge is 0.0217 e. The zero-order chi connectivity index (χ0) is 12.4. The van der Waals surface area contributed by atoms with Crippen LogP contribution in [0, 0.1) is 23.7 Å². The average Bonchev–Trinajstić information content (AvgIpc) is 2.87. The van der Waals surface area contributed by atoms with Gasteiger partial charge in [0, 0.05) is 19.1 Å². The van der Waals surface area contributed by atoms with E-state index < -0.39 is 0 Å². The number of nitrogens with two attached hydrogens (primary N) is 1. The maximum Gasteiger partial charge on any atom is 0.0217 e. The Labute approximate surface area is 107 Å². The van der Waals surface area contributed by atoms with Crippen LogP contribution in [0.3, 0.4) is 0 Å². The Bertz CT molecular complexity index is 239. The van der Waals surface area contributed by atoms with E-state index in [0.717, 1.165) is 30.2 Å². The molecule has 0 spiro atoms. The van der Waals surface area contributed by atoms with Crippen LogP contribution >= 0.6 is 0 Å². The molecule has 17 heavy (non-hydrogen) atoms. The van der Waals surface area contributed by atoms with E-state index >= 15 is 0 Å². The Morgan fingerprint density at radius 3 is 2.47 bits per heavy atom. The van der Waals surface area contributed by atoms with E-state index in [1.807, 2.05) is 0 Å². The average molecular weight is 238 g/mol. The summed E-state index contributed by atoms with van der Waals surface area (Å²) in [5.41, 5.74) is 5.93. The largest absolute Gasteiger partial charge is 0.329 e. The monoisotopic (exact) mass is 238 g/mol. The summed E-state index contributed by atoms with van der Waals surface area (Å²) in [6, 6.07) is 0.592. The van der Waals surface area contributed by atoms with Gasteiger partial charge in [0.25, 0.3) is 0 Å². The maximum atomic E-state index is 5.93. The summed E-state index contributed by atoms with van der Waals surface area (Å²) in [7, 11) is 2.28. The quantitative estimate of drug-likeness (QED) is 0.771. The molecule has 2 rings (SSSR count). The molecule has 2 N–H and O–H groups in total. The van der Waals surface area contributed by atoms with Crippen LogP contribution in [-0.4, -0.2) is 31.1 Å². The molecule has 2 heteroatoms. The van der Waals surface area contributed by atoms with Crippen LogP contribution in [0.5, 0.6) is 0 Å². The lowest BCUT2D eigenvalue weighted by atomic mass is 9.88. The van der Waals surface area contributed by atoms with Crippen LogP contribution in [0.4, 0.5) is 0 Å². The highest BCUT2D eigenvalue weighted by Crippen LogP contribution is 2.48. The number of rotatable bonds is 6. The van der Waals surface area contributed by atoms with Gasteiger partial charge in [0.15, 0.2) is 0 Å². The molecule has 0 aliphatic heterocycles. The molecule has 0 aromatic heterocycles. The fourth-order valence-corrected chi connectivity index (χ4v) is 4.12. The van der Waals surface area contributed by atoms with Crippen molar-refractivity contribution in [3.8, 4) is 0 Å². The van der Waals surface area contributed by atoms with Crippen molar-refractivity contribution in [2.75, 3.05) is 20.1 Å². The molecule has 0 heterocycles. The zero-order valence-corrected chi connectivity index (χ0v) is 11.9. The third kappa shape index (κ3) is 3.23. The van der Waals surface area contributed by atoms with Crippen molar-refractivity contribution >= 4 is 0 Å². The van der Waals surface area contributed by atoms with Crippen molar-refractivity contribution in [1.29, 1.82) is 0 Å². The van der Waals surface area contributed by atoms with Crippen molar-refractivity contribution in [2.45, 2.75) is 52.0 Å². The van der Waals surface area contributed by atoms with E-state index in [0.29, 0.717) is 6.04 Å².